The number of hydrogen-bond acceptors (Lipinski definition) is 3. The molecule has 0 N–H and O–H groups in total. The summed E-state index contributed by atoms with van der Waals surface area (Å²) in [7, 11) is 0. The molecule has 0 aromatic heterocycles. The van der Waals surface area contributed by atoms with Crippen LogP contribution in [0, 0.1) is 5.92 Å². The molecule has 0 aliphatic carbocycles. The molecule has 1 saturated heterocycles. The standard InChI is InChI=1S/C26H34O3/c1-3-4-5-6-7-8-9-25-19-28-26(29-20(25)2)24-16-14-23(15-17-24)22-12-10-21(18-27)11-13-22/h10-18,20,25-26H,3-9,19H2,1-2H3/t20-,25+,26+/m1/s1. The Morgan fingerprint density at radius 3 is 2.14 bits per heavy atom. The van der Waals surface area contributed by atoms with E-state index in [1.165, 1.54) is 44.9 Å². The summed E-state index contributed by atoms with van der Waals surface area (Å²) in [6.07, 6.45) is 9.97. The summed E-state index contributed by atoms with van der Waals surface area (Å²) in [5, 5.41) is 0. The second kappa shape index (κ2) is 11.3. The Labute approximate surface area is 175 Å². The van der Waals surface area contributed by atoms with E-state index in [4.69, 9.17) is 9.47 Å². The van der Waals surface area contributed by atoms with Gasteiger partial charge in [0.1, 0.15) is 6.29 Å². The first kappa shape index (κ1) is 21.7. The molecule has 29 heavy (non-hydrogen) atoms. The molecule has 0 unspecified atom stereocenters. The molecule has 3 atom stereocenters. The zero-order valence-electron chi connectivity index (χ0n) is 17.8. The lowest BCUT2D eigenvalue weighted by molar-refractivity contribution is -0.237. The van der Waals surface area contributed by atoms with E-state index in [0.29, 0.717) is 11.5 Å². The number of hydrogen-bond donors (Lipinski definition) is 0. The smallest absolute Gasteiger partial charge is 0.184 e. The first-order valence-corrected chi connectivity index (χ1v) is 11.1. The van der Waals surface area contributed by atoms with Crippen molar-refractivity contribution in [2.75, 3.05) is 6.61 Å². The molecule has 0 spiro atoms. The molecule has 0 radical (unpaired) electrons. The van der Waals surface area contributed by atoms with E-state index in [1.807, 2.05) is 24.3 Å². The van der Waals surface area contributed by atoms with Gasteiger partial charge in [-0.05, 0) is 24.5 Å². The van der Waals surface area contributed by atoms with Gasteiger partial charge in [0.2, 0.25) is 0 Å². The second-order valence-corrected chi connectivity index (χ2v) is 8.18. The largest absolute Gasteiger partial charge is 0.348 e. The molecule has 1 heterocycles. The third-order valence-corrected chi connectivity index (χ3v) is 5.96. The van der Waals surface area contributed by atoms with Gasteiger partial charge in [-0.1, -0.05) is 94.0 Å². The number of carbonyl (C=O) groups excluding carboxylic acids is 1. The first-order chi connectivity index (χ1) is 14.2. The van der Waals surface area contributed by atoms with E-state index in [2.05, 4.69) is 38.1 Å². The minimum Gasteiger partial charge on any atom is -0.348 e. The minimum absolute atomic E-state index is 0.222. The predicted octanol–water partition coefficient (Wildman–Crippen LogP) is 6.97. The van der Waals surface area contributed by atoms with E-state index in [-0.39, 0.29) is 12.4 Å². The van der Waals surface area contributed by atoms with Gasteiger partial charge in [-0.3, -0.25) is 4.79 Å². The summed E-state index contributed by atoms with van der Waals surface area (Å²) in [4.78, 5) is 10.8. The van der Waals surface area contributed by atoms with Crippen molar-refractivity contribution in [3.05, 3.63) is 59.7 Å². The van der Waals surface area contributed by atoms with Gasteiger partial charge >= 0.3 is 0 Å². The Bertz CT molecular complexity index is 736. The molecule has 0 bridgehead atoms. The Morgan fingerprint density at radius 1 is 0.897 bits per heavy atom. The van der Waals surface area contributed by atoms with Crippen LogP contribution in [0.3, 0.4) is 0 Å². The molecule has 1 aliphatic heterocycles. The van der Waals surface area contributed by atoms with Crippen LogP contribution in [0.5, 0.6) is 0 Å². The van der Waals surface area contributed by atoms with Crippen LogP contribution >= 0.6 is 0 Å². The van der Waals surface area contributed by atoms with E-state index in [9.17, 15) is 4.79 Å². The molecule has 1 aliphatic rings. The Kier molecular flexibility index (Phi) is 8.45. The summed E-state index contributed by atoms with van der Waals surface area (Å²) >= 11 is 0. The van der Waals surface area contributed by atoms with Crippen molar-refractivity contribution in [1.29, 1.82) is 0 Å². The maximum atomic E-state index is 10.8. The monoisotopic (exact) mass is 394 g/mol. The first-order valence-electron chi connectivity index (χ1n) is 11.1. The van der Waals surface area contributed by atoms with Gasteiger partial charge in [-0.25, -0.2) is 0 Å². The van der Waals surface area contributed by atoms with Crippen LogP contribution in [0.15, 0.2) is 48.5 Å². The Morgan fingerprint density at radius 2 is 1.52 bits per heavy atom. The van der Waals surface area contributed by atoms with Crippen LogP contribution in [0.25, 0.3) is 11.1 Å². The van der Waals surface area contributed by atoms with Crippen molar-refractivity contribution >= 4 is 6.29 Å². The van der Waals surface area contributed by atoms with Crippen molar-refractivity contribution in [2.45, 2.75) is 71.2 Å². The van der Waals surface area contributed by atoms with Crippen molar-refractivity contribution in [3.63, 3.8) is 0 Å². The highest BCUT2D eigenvalue weighted by atomic mass is 16.7. The highest BCUT2D eigenvalue weighted by molar-refractivity contribution is 5.76. The average Bonchev–Trinajstić information content (AvgIpc) is 2.77. The third kappa shape index (κ3) is 6.25. The number of ether oxygens (including phenoxy) is 2. The van der Waals surface area contributed by atoms with Crippen molar-refractivity contribution in [1.82, 2.24) is 0 Å². The number of benzene rings is 2. The van der Waals surface area contributed by atoms with Crippen LogP contribution in [0.2, 0.25) is 0 Å². The highest BCUT2D eigenvalue weighted by Gasteiger charge is 2.29. The van der Waals surface area contributed by atoms with Gasteiger partial charge in [0.15, 0.2) is 6.29 Å². The molecule has 2 aromatic carbocycles. The number of rotatable bonds is 10. The lowest BCUT2D eigenvalue weighted by Gasteiger charge is -2.35. The normalized spacial score (nSPS) is 21.8. The average molecular weight is 395 g/mol. The summed E-state index contributed by atoms with van der Waals surface area (Å²) in [5.41, 5.74) is 3.97. The van der Waals surface area contributed by atoms with Gasteiger partial charge in [0.25, 0.3) is 0 Å². The third-order valence-electron chi connectivity index (χ3n) is 5.96. The zero-order valence-corrected chi connectivity index (χ0v) is 17.8. The summed E-state index contributed by atoms with van der Waals surface area (Å²) in [6.45, 7) is 5.21. The molecule has 1 fully saturated rings. The summed E-state index contributed by atoms with van der Waals surface area (Å²) in [6, 6.07) is 16.0. The SMILES string of the molecule is CCCCCCCC[C@H]1CO[C@H](c2ccc(-c3ccc(C=O)cc3)cc2)O[C@@H]1C. The number of aldehydes is 1. The molecule has 3 nitrogen and oxygen atoms in total. The Hall–Kier alpha value is -1.97. The van der Waals surface area contributed by atoms with Crippen LogP contribution in [-0.4, -0.2) is 19.0 Å². The van der Waals surface area contributed by atoms with E-state index in [0.717, 1.165) is 29.6 Å². The van der Waals surface area contributed by atoms with E-state index >= 15 is 0 Å². The maximum Gasteiger partial charge on any atom is 0.184 e. The molecule has 156 valence electrons. The lowest BCUT2D eigenvalue weighted by atomic mass is 9.95. The second-order valence-electron chi connectivity index (χ2n) is 8.18. The molecule has 2 aromatic rings. The zero-order chi connectivity index (χ0) is 20.5. The predicted molar refractivity (Wildman–Crippen MR) is 118 cm³/mol. The van der Waals surface area contributed by atoms with Gasteiger partial charge < -0.3 is 9.47 Å². The maximum absolute atomic E-state index is 10.8. The molecule has 0 saturated carbocycles. The molecular formula is C26H34O3. The van der Waals surface area contributed by atoms with Crippen LogP contribution < -0.4 is 0 Å². The van der Waals surface area contributed by atoms with Crippen molar-refractivity contribution < 1.29 is 14.3 Å². The van der Waals surface area contributed by atoms with Gasteiger partial charge in [-0.15, -0.1) is 0 Å². The van der Waals surface area contributed by atoms with Crippen LogP contribution in [0.1, 0.15) is 81.0 Å². The summed E-state index contributed by atoms with van der Waals surface area (Å²) in [5.74, 6) is 0.494. The molecule has 0 amide bonds. The van der Waals surface area contributed by atoms with Gasteiger partial charge in [0.05, 0.1) is 12.7 Å². The van der Waals surface area contributed by atoms with Crippen LogP contribution in [-0.2, 0) is 9.47 Å². The Balaban J connectivity index is 1.48. The topological polar surface area (TPSA) is 35.5 Å². The fourth-order valence-electron chi connectivity index (χ4n) is 3.96. The van der Waals surface area contributed by atoms with Crippen molar-refractivity contribution in [3.8, 4) is 11.1 Å². The minimum atomic E-state index is -0.280. The summed E-state index contributed by atoms with van der Waals surface area (Å²) < 4.78 is 12.3. The molecule has 3 rings (SSSR count). The quantitative estimate of drug-likeness (QED) is 0.322. The van der Waals surface area contributed by atoms with E-state index < -0.39 is 0 Å². The fourth-order valence-corrected chi connectivity index (χ4v) is 3.96. The lowest BCUT2D eigenvalue weighted by Crippen LogP contribution is -2.34. The fraction of sp³-hybridized carbons (Fsp3) is 0.500. The van der Waals surface area contributed by atoms with Gasteiger partial charge in [-0.2, -0.15) is 0 Å². The van der Waals surface area contributed by atoms with Crippen LogP contribution in [0.4, 0.5) is 0 Å². The molecule has 3 heteroatoms. The van der Waals surface area contributed by atoms with E-state index in [1.54, 1.807) is 0 Å². The number of carbonyl (C=O) groups is 1. The van der Waals surface area contributed by atoms with Gasteiger partial charge in [0, 0.05) is 17.0 Å². The highest BCUT2D eigenvalue weighted by Crippen LogP contribution is 2.32. The number of unbranched alkanes of at least 4 members (excludes halogenated alkanes) is 5. The van der Waals surface area contributed by atoms with Crippen molar-refractivity contribution in [2.24, 2.45) is 5.92 Å². The molecular weight excluding hydrogens is 360 g/mol.